The van der Waals surface area contributed by atoms with Gasteiger partial charge in [-0.3, -0.25) is 14.2 Å². The summed E-state index contributed by atoms with van der Waals surface area (Å²) in [7, 11) is -3.53. The SMILES string of the molecule is O=C(N[C@H]1CO[P@@](=O)(CCCCCC2(C(=O)NCC(F)(F)F)c3ccccc3-c3ccccc32)OC1)c1ccccc1-c1ccc(C(F)(F)F)cc1. The molecule has 0 saturated carbocycles. The van der Waals surface area contributed by atoms with E-state index in [0.717, 1.165) is 23.3 Å². The summed E-state index contributed by atoms with van der Waals surface area (Å²) >= 11 is 0. The second-order valence-corrected chi connectivity index (χ2v) is 15.0. The van der Waals surface area contributed by atoms with Gasteiger partial charge in [0.15, 0.2) is 0 Å². The number of carbonyl (C=O) groups is 2. The molecule has 6 rings (SSSR count). The van der Waals surface area contributed by atoms with Crippen molar-refractivity contribution < 1.29 is 49.5 Å². The number of rotatable bonds is 11. The molecule has 0 radical (unpaired) electrons. The predicted molar refractivity (Wildman–Crippen MR) is 183 cm³/mol. The minimum absolute atomic E-state index is 0.0604. The number of carbonyl (C=O) groups excluding carboxylic acids is 2. The van der Waals surface area contributed by atoms with Gasteiger partial charge >= 0.3 is 19.9 Å². The zero-order valence-corrected chi connectivity index (χ0v) is 28.6. The van der Waals surface area contributed by atoms with E-state index in [0.29, 0.717) is 41.5 Å². The zero-order chi connectivity index (χ0) is 37.1. The molecule has 2 amide bonds. The van der Waals surface area contributed by atoms with Crippen LogP contribution in [0.25, 0.3) is 22.3 Å². The fourth-order valence-electron chi connectivity index (χ4n) is 6.90. The van der Waals surface area contributed by atoms with Gasteiger partial charge in [-0.15, -0.1) is 0 Å². The van der Waals surface area contributed by atoms with Crippen molar-refractivity contribution in [2.24, 2.45) is 0 Å². The van der Waals surface area contributed by atoms with Crippen molar-refractivity contribution in [1.29, 1.82) is 0 Å². The standard InChI is InChI=1S/C38H35F6N2O5P/c39-37(40,41)24-45-35(48)36(32-14-6-4-11-29(32)30-12-5-7-15-33(30)36)20-8-1-9-21-52(49)50-22-27(23-51-52)46-34(47)31-13-3-2-10-28(31)25-16-18-26(19-17-25)38(42,43)44/h2-7,10-19,27H,1,8-9,20-24H2,(H,45,48)(H,46,47)/t27-,52-. The summed E-state index contributed by atoms with van der Waals surface area (Å²) in [6.07, 6.45) is -7.49. The summed E-state index contributed by atoms with van der Waals surface area (Å²) in [5.74, 6) is -1.24. The summed E-state index contributed by atoms with van der Waals surface area (Å²) in [6.45, 7) is -1.65. The number of hydrogen-bond acceptors (Lipinski definition) is 5. The molecule has 1 heterocycles. The Kier molecular flexibility index (Phi) is 10.7. The number of alkyl halides is 6. The lowest BCUT2D eigenvalue weighted by atomic mass is 9.73. The zero-order valence-electron chi connectivity index (χ0n) is 27.7. The average Bonchev–Trinajstić information content (AvgIpc) is 3.41. The molecule has 1 aliphatic carbocycles. The molecule has 4 aromatic carbocycles. The minimum Gasteiger partial charge on any atom is -0.346 e. The van der Waals surface area contributed by atoms with E-state index in [2.05, 4.69) is 10.6 Å². The first-order chi connectivity index (χ1) is 24.7. The van der Waals surface area contributed by atoms with Crippen LogP contribution in [0.15, 0.2) is 97.1 Å². The molecule has 2 N–H and O–H groups in total. The number of halogens is 6. The van der Waals surface area contributed by atoms with E-state index in [4.69, 9.17) is 9.05 Å². The third-order valence-electron chi connectivity index (χ3n) is 9.36. The van der Waals surface area contributed by atoms with Gasteiger partial charge in [0, 0.05) is 5.56 Å². The van der Waals surface area contributed by atoms with Gasteiger partial charge in [0.2, 0.25) is 5.91 Å². The van der Waals surface area contributed by atoms with E-state index in [-0.39, 0.29) is 31.4 Å². The lowest BCUT2D eigenvalue weighted by Crippen LogP contribution is -2.47. The van der Waals surface area contributed by atoms with Crippen molar-refractivity contribution in [2.45, 2.75) is 49.5 Å². The van der Waals surface area contributed by atoms with Crippen LogP contribution in [0.2, 0.25) is 0 Å². The smallest absolute Gasteiger partial charge is 0.346 e. The number of hydrogen-bond donors (Lipinski definition) is 2. The summed E-state index contributed by atoms with van der Waals surface area (Å²) in [6, 6.07) is 24.7. The summed E-state index contributed by atoms with van der Waals surface area (Å²) in [5.41, 5.74) is 1.80. The number of nitrogens with one attached hydrogen (secondary N) is 2. The van der Waals surface area contributed by atoms with Crippen LogP contribution in [0.3, 0.4) is 0 Å². The summed E-state index contributed by atoms with van der Waals surface area (Å²) in [5, 5.41) is 4.89. The van der Waals surface area contributed by atoms with Gasteiger partial charge in [0.05, 0.1) is 31.0 Å². The van der Waals surface area contributed by atoms with E-state index in [1.807, 2.05) is 24.3 Å². The maximum atomic E-state index is 13.7. The Labute approximate surface area is 296 Å². The molecule has 1 fully saturated rings. The second-order valence-electron chi connectivity index (χ2n) is 12.8. The summed E-state index contributed by atoms with van der Waals surface area (Å²) in [4.78, 5) is 26.9. The second kappa shape index (κ2) is 14.9. The van der Waals surface area contributed by atoms with Crippen LogP contribution in [0.4, 0.5) is 26.3 Å². The van der Waals surface area contributed by atoms with Crippen molar-refractivity contribution in [3.8, 4) is 22.3 Å². The van der Waals surface area contributed by atoms with Crippen LogP contribution in [0.5, 0.6) is 0 Å². The highest BCUT2D eigenvalue weighted by Crippen LogP contribution is 2.53. The third-order valence-corrected chi connectivity index (χ3v) is 11.3. The Morgan fingerprint density at radius 3 is 1.87 bits per heavy atom. The number of amides is 2. The largest absolute Gasteiger partial charge is 0.416 e. The van der Waals surface area contributed by atoms with Crippen molar-refractivity contribution >= 4 is 19.4 Å². The van der Waals surface area contributed by atoms with Crippen LogP contribution >= 0.6 is 7.60 Å². The van der Waals surface area contributed by atoms with Crippen LogP contribution in [0, 0.1) is 0 Å². The highest BCUT2D eigenvalue weighted by atomic mass is 31.2. The highest BCUT2D eigenvalue weighted by molar-refractivity contribution is 7.53. The van der Waals surface area contributed by atoms with E-state index >= 15 is 0 Å². The molecule has 7 nitrogen and oxygen atoms in total. The van der Waals surface area contributed by atoms with E-state index in [9.17, 15) is 40.5 Å². The predicted octanol–water partition coefficient (Wildman–Crippen LogP) is 8.92. The molecule has 4 aromatic rings. The molecule has 0 spiro atoms. The molecular formula is C38H35F6N2O5P. The van der Waals surface area contributed by atoms with Gasteiger partial charge in [-0.2, -0.15) is 26.3 Å². The number of benzene rings is 4. The van der Waals surface area contributed by atoms with E-state index < -0.39 is 55.3 Å². The normalized spacial score (nSPS) is 19.4. The Bertz CT molecular complexity index is 1920. The Morgan fingerprint density at radius 1 is 0.731 bits per heavy atom. The van der Waals surface area contributed by atoms with Crippen LogP contribution in [-0.4, -0.2) is 50.0 Å². The van der Waals surface area contributed by atoms with Crippen molar-refractivity contribution in [3.05, 3.63) is 119 Å². The highest BCUT2D eigenvalue weighted by Gasteiger charge is 2.49. The molecule has 274 valence electrons. The molecule has 0 aromatic heterocycles. The van der Waals surface area contributed by atoms with E-state index in [1.54, 1.807) is 48.5 Å². The lowest BCUT2D eigenvalue weighted by Gasteiger charge is -2.31. The quantitative estimate of drug-likeness (QED) is 0.0910. The van der Waals surface area contributed by atoms with Crippen LogP contribution < -0.4 is 10.6 Å². The molecular weight excluding hydrogens is 709 g/mol. The first-order valence-electron chi connectivity index (χ1n) is 16.7. The van der Waals surface area contributed by atoms with Gasteiger partial charge in [-0.05, 0) is 64.4 Å². The lowest BCUT2D eigenvalue weighted by molar-refractivity contribution is -0.141. The van der Waals surface area contributed by atoms with Gasteiger partial charge in [0.1, 0.15) is 12.0 Å². The molecule has 0 bridgehead atoms. The fourth-order valence-corrected chi connectivity index (χ4v) is 8.65. The van der Waals surface area contributed by atoms with Crippen molar-refractivity contribution in [2.75, 3.05) is 25.9 Å². The third kappa shape index (κ3) is 7.96. The Morgan fingerprint density at radius 2 is 1.29 bits per heavy atom. The topological polar surface area (TPSA) is 93.7 Å². The molecule has 1 aliphatic heterocycles. The first kappa shape index (κ1) is 37.3. The molecule has 0 atom stereocenters. The molecule has 2 aliphatic rings. The van der Waals surface area contributed by atoms with Gasteiger partial charge in [-0.1, -0.05) is 91.7 Å². The molecule has 52 heavy (non-hydrogen) atoms. The molecule has 14 heteroatoms. The van der Waals surface area contributed by atoms with Crippen molar-refractivity contribution in [1.82, 2.24) is 10.6 Å². The van der Waals surface area contributed by atoms with Crippen LogP contribution in [-0.2, 0) is 30.0 Å². The Hall–Kier alpha value is -4.45. The molecule has 1 saturated heterocycles. The minimum atomic E-state index is -4.58. The van der Waals surface area contributed by atoms with Gasteiger partial charge < -0.3 is 19.7 Å². The monoisotopic (exact) mass is 744 g/mol. The number of fused-ring (bicyclic) bond motifs is 3. The molecule has 0 unspecified atom stereocenters. The maximum absolute atomic E-state index is 13.7. The Balaban J connectivity index is 1.04. The van der Waals surface area contributed by atoms with Gasteiger partial charge in [0.25, 0.3) is 5.91 Å². The average molecular weight is 745 g/mol. The van der Waals surface area contributed by atoms with E-state index in [1.165, 1.54) is 12.1 Å². The first-order valence-corrected chi connectivity index (χ1v) is 18.4. The number of unbranched alkanes of at least 4 members (excludes halogenated alkanes) is 2. The summed E-state index contributed by atoms with van der Waals surface area (Å²) < 4.78 is 103. The van der Waals surface area contributed by atoms with Gasteiger partial charge in [-0.25, -0.2) is 0 Å². The van der Waals surface area contributed by atoms with Crippen LogP contribution in [0.1, 0.15) is 52.7 Å². The maximum Gasteiger partial charge on any atom is 0.416 e. The fraction of sp³-hybridized carbons (Fsp3) is 0.316. The van der Waals surface area contributed by atoms with Crippen molar-refractivity contribution in [3.63, 3.8) is 0 Å².